The average molecular weight is 353 g/mol. The molecule has 1 aromatic rings. The lowest BCUT2D eigenvalue weighted by Crippen LogP contribution is -2.25. The Morgan fingerprint density at radius 2 is 1.94 bits per heavy atom. The summed E-state index contributed by atoms with van der Waals surface area (Å²) in [5.74, 6) is -0.119. The summed E-state index contributed by atoms with van der Waals surface area (Å²) in [4.78, 5) is 10.7. The van der Waals surface area contributed by atoms with Crippen LogP contribution in [0.2, 0.25) is 0 Å². The van der Waals surface area contributed by atoms with Crippen LogP contribution in [0.15, 0.2) is 21.1 Å². The maximum absolute atomic E-state index is 10.7. The van der Waals surface area contributed by atoms with Crippen LogP contribution < -0.4 is 5.32 Å². The average Bonchev–Trinajstić information content (AvgIpc) is 2.21. The Hall–Kier alpha value is -0.590. The maximum atomic E-state index is 10.7. The van der Waals surface area contributed by atoms with Gasteiger partial charge in [0, 0.05) is 13.5 Å². The molecule has 1 rings (SSSR count). The summed E-state index contributed by atoms with van der Waals surface area (Å²) in [6.07, 6.45) is -0.808. The van der Waals surface area contributed by atoms with Crippen molar-refractivity contribution in [3.63, 3.8) is 0 Å². The summed E-state index contributed by atoms with van der Waals surface area (Å²) in [7, 11) is 0. The van der Waals surface area contributed by atoms with Gasteiger partial charge in [0.2, 0.25) is 5.91 Å². The molecule has 0 aliphatic carbocycles. The van der Waals surface area contributed by atoms with Crippen LogP contribution in [-0.2, 0) is 4.79 Å². The molecule has 1 unspecified atom stereocenters. The van der Waals surface area contributed by atoms with Crippen LogP contribution in [0, 0.1) is 0 Å². The van der Waals surface area contributed by atoms with Gasteiger partial charge in [-0.3, -0.25) is 4.79 Å². The molecular weight excluding hydrogens is 342 g/mol. The van der Waals surface area contributed by atoms with Gasteiger partial charge in [-0.05, 0) is 49.6 Å². The summed E-state index contributed by atoms with van der Waals surface area (Å²) in [6, 6.07) is 3.21. The van der Waals surface area contributed by atoms with Gasteiger partial charge < -0.3 is 15.5 Å². The smallest absolute Gasteiger partial charge is 0.216 e. The number of hydrogen-bond acceptors (Lipinski definition) is 3. The maximum Gasteiger partial charge on any atom is 0.216 e. The Kier molecular flexibility index (Phi) is 4.76. The highest BCUT2D eigenvalue weighted by molar-refractivity contribution is 9.11. The number of aliphatic hydroxyl groups is 1. The van der Waals surface area contributed by atoms with E-state index in [0.29, 0.717) is 14.5 Å². The molecule has 0 fully saturated rings. The van der Waals surface area contributed by atoms with E-state index in [9.17, 15) is 15.0 Å². The van der Waals surface area contributed by atoms with Crippen molar-refractivity contribution in [2.24, 2.45) is 0 Å². The van der Waals surface area contributed by atoms with Gasteiger partial charge in [0.05, 0.1) is 15.0 Å². The van der Waals surface area contributed by atoms with Crippen LogP contribution in [0.3, 0.4) is 0 Å². The van der Waals surface area contributed by atoms with Crippen LogP contribution in [-0.4, -0.2) is 22.7 Å². The monoisotopic (exact) mass is 351 g/mol. The second kappa shape index (κ2) is 5.65. The van der Waals surface area contributed by atoms with E-state index in [1.165, 1.54) is 6.92 Å². The molecule has 1 aromatic carbocycles. The van der Waals surface area contributed by atoms with Crippen LogP contribution >= 0.6 is 31.9 Å². The number of benzene rings is 1. The highest BCUT2D eigenvalue weighted by Gasteiger charge is 2.12. The third kappa shape index (κ3) is 3.47. The molecule has 0 heterocycles. The van der Waals surface area contributed by atoms with E-state index in [4.69, 9.17) is 0 Å². The largest absolute Gasteiger partial charge is 0.506 e. The third-order valence-corrected chi connectivity index (χ3v) is 3.18. The van der Waals surface area contributed by atoms with E-state index in [2.05, 4.69) is 37.2 Å². The van der Waals surface area contributed by atoms with Gasteiger partial charge in [0.15, 0.2) is 0 Å². The summed E-state index contributed by atoms with van der Waals surface area (Å²) >= 11 is 6.33. The second-order valence-electron chi connectivity index (χ2n) is 3.29. The Balaban J connectivity index is 2.84. The van der Waals surface area contributed by atoms with Crippen molar-refractivity contribution in [1.82, 2.24) is 5.32 Å². The van der Waals surface area contributed by atoms with Gasteiger partial charge >= 0.3 is 0 Å². The first-order chi connectivity index (χ1) is 7.41. The Bertz CT molecular complexity index is 386. The molecule has 0 saturated carbocycles. The zero-order valence-electron chi connectivity index (χ0n) is 8.50. The SMILES string of the molecule is CC(=O)NCC(O)c1cc(Br)c(O)c(Br)c1. The number of phenols is 1. The fraction of sp³-hybridized carbons (Fsp3) is 0.300. The van der Waals surface area contributed by atoms with E-state index >= 15 is 0 Å². The van der Waals surface area contributed by atoms with Crippen molar-refractivity contribution in [2.75, 3.05) is 6.54 Å². The molecule has 3 N–H and O–H groups in total. The van der Waals surface area contributed by atoms with Crippen LogP contribution in [0.4, 0.5) is 0 Å². The number of aliphatic hydroxyl groups excluding tert-OH is 1. The van der Waals surface area contributed by atoms with Gasteiger partial charge in [0.1, 0.15) is 5.75 Å². The van der Waals surface area contributed by atoms with Crippen LogP contribution in [0.25, 0.3) is 0 Å². The summed E-state index contributed by atoms with van der Waals surface area (Å²) < 4.78 is 0.970. The first-order valence-corrected chi connectivity index (χ1v) is 6.11. The Labute approximate surface area is 110 Å². The number of rotatable bonds is 3. The molecule has 0 saturated heterocycles. The van der Waals surface area contributed by atoms with Crippen molar-refractivity contribution in [3.05, 3.63) is 26.6 Å². The lowest BCUT2D eigenvalue weighted by atomic mass is 10.1. The molecular formula is C10H11Br2NO3. The van der Waals surface area contributed by atoms with Gasteiger partial charge in [0.25, 0.3) is 0 Å². The molecule has 0 radical (unpaired) electrons. The molecule has 0 bridgehead atoms. The van der Waals surface area contributed by atoms with Gasteiger partial charge in [-0.25, -0.2) is 0 Å². The van der Waals surface area contributed by atoms with E-state index in [-0.39, 0.29) is 18.2 Å². The minimum absolute atomic E-state index is 0.0791. The normalized spacial score (nSPS) is 12.2. The number of phenolic OH excluding ortho intramolecular Hbond substituents is 1. The van der Waals surface area contributed by atoms with Gasteiger partial charge in [-0.2, -0.15) is 0 Å². The number of amides is 1. The van der Waals surface area contributed by atoms with E-state index < -0.39 is 6.10 Å². The van der Waals surface area contributed by atoms with Crippen molar-refractivity contribution >= 4 is 37.8 Å². The molecule has 88 valence electrons. The number of carbonyl (C=O) groups is 1. The predicted molar refractivity (Wildman–Crippen MR) is 67.2 cm³/mol. The Morgan fingerprint density at radius 3 is 2.38 bits per heavy atom. The first-order valence-electron chi connectivity index (χ1n) is 4.52. The molecule has 6 heteroatoms. The molecule has 1 atom stereocenters. The number of hydrogen-bond donors (Lipinski definition) is 3. The first kappa shape index (κ1) is 13.5. The standard InChI is InChI=1S/C10H11Br2NO3/c1-5(14)13-4-9(15)6-2-7(11)10(16)8(12)3-6/h2-3,9,15-16H,4H2,1H3,(H,13,14). The van der Waals surface area contributed by atoms with Gasteiger partial charge in [-0.15, -0.1) is 0 Å². The lowest BCUT2D eigenvalue weighted by Gasteiger charge is -2.13. The highest BCUT2D eigenvalue weighted by atomic mass is 79.9. The van der Waals surface area contributed by atoms with E-state index in [1.807, 2.05) is 0 Å². The van der Waals surface area contributed by atoms with E-state index in [1.54, 1.807) is 12.1 Å². The summed E-state index contributed by atoms with van der Waals surface area (Å²) in [5.41, 5.74) is 0.602. The minimum Gasteiger partial charge on any atom is -0.506 e. The zero-order chi connectivity index (χ0) is 12.3. The summed E-state index contributed by atoms with van der Waals surface area (Å²) in [5, 5.41) is 21.8. The fourth-order valence-electron chi connectivity index (χ4n) is 1.14. The Morgan fingerprint density at radius 1 is 1.44 bits per heavy atom. The molecule has 0 aromatic heterocycles. The zero-order valence-corrected chi connectivity index (χ0v) is 11.7. The molecule has 16 heavy (non-hydrogen) atoms. The van der Waals surface area contributed by atoms with Crippen LogP contribution in [0.5, 0.6) is 5.75 Å². The summed E-state index contributed by atoms with van der Waals surface area (Å²) in [6.45, 7) is 1.52. The molecule has 0 aliphatic heterocycles. The van der Waals surface area contributed by atoms with Crippen molar-refractivity contribution in [3.8, 4) is 5.75 Å². The molecule has 0 spiro atoms. The highest BCUT2D eigenvalue weighted by Crippen LogP contribution is 2.34. The second-order valence-corrected chi connectivity index (χ2v) is 4.99. The predicted octanol–water partition coefficient (Wildman–Crippen LogP) is 2.09. The lowest BCUT2D eigenvalue weighted by molar-refractivity contribution is -0.119. The number of carbonyl (C=O) groups excluding carboxylic acids is 1. The van der Waals surface area contributed by atoms with Crippen molar-refractivity contribution < 1.29 is 15.0 Å². The topological polar surface area (TPSA) is 69.6 Å². The minimum atomic E-state index is -0.808. The van der Waals surface area contributed by atoms with Crippen molar-refractivity contribution in [2.45, 2.75) is 13.0 Å². The quantitative estimate of drug-likeness (QED) is 0.780. The molecule has 1 amide bonds. The van der Waals surface area contributed by atoms with Gasteiger partial charge in [-0.1, -0.05) is 0 Å². The number of nitrogens with one attached hydrogen (secondary N) is 1. The fourth-order valence-corrected chi connectivity index (χ4v) is 2.36. The number of halogens is 2. The molecule has 0 aliphatic rings. The third-order valence-electron chi connectivity index (χ3n) is 1.97. The van der Waals surface area contributed by atoms with Crippen molar-refractivity contribution in [1.29, 1.82) is 0 Å². The van der Waals surface area contributed by atoms with Crippen LogP contribution in [0.1, 0.15) is 18.6 Å². The number of aromatic hydroxyl groups is 1. The van der Waals surface area contributed by atoms with E-state index in [0.717, 1.165) is 0 Å². The molecule has 4 nitrogen and oxygen atoms in total.